The molecule has 18 heavy (non-hydrogen) atoms. The van der Waals surface area contributed by atoms with Gasteiger partial charge in [-0.25, -0.2) is 4.98 Å². The second-order valence-corrected chi connectivity index (χ2v) is 3.76. The highest BCUT2D eigenvalue weighted by atomic mass is 16.5. The Hall–Kier alpha value is -2.14. The molecule has 93 valence electrons. The molecular weight excluding hydrogens is 232 g/mol. The molecule has 2 rings (SSSR count). The zero-order valence-corrected chi connectivity index (χ0v) is 9.72. The second-order valence-electron chi connectivity index (χ2n) is 3.76. The van der Waals surface area contributed by atoms with Gasteiger partial charge in [0, 0.05) is 30.5 Å². The number of aromatic nitrogens is 1. The molecule has 0 aliphatic carbocycles. The van der Waals surface area contributed by atoms with Gasteiger partial charge in [0.25, 0.3) is 5.91 Å². The Bertz CT molecular complexity index is 569. The highest BCUT2D eigenvalue weighted by molar-refractivity contribution is 5.93. The van der Waals surface area contributed by atoms with Crippen molar-refractivity contribution in [3.05, 3.63) is 36.0 Å². The van der Waals surface area contributed by atoms with Crippen molar-refractivity contribution in [2.45, 2.75) is 6.42 Å². The Labute approximate surface area is 104 Å². The van der Waals surface area contributed by atoms with Gasteiger partial charge in [0.05, 0.1) is 12.1 Å². The number of benzene rings is 1. The number of rotatable bonds is 5. The Morgan fingerprint density at radius 1 is 1.50 bits per heavy atom. The van der Waals surface area contributed by atoms with Crippen LogP contribution in [0.1, 0.15) is 16.9 Å². The number of carbonyl (C=O) groups excluding carboxylic acids is 1. The van der Waals surface area contributed by atoms with Crippen molar-refractivity contribution >= 4 is 16.8 Å². The number of ether oxygens (including phenoxy) is 1. The standard InChI is InChI=1S/C13H13N2O3/c14-13(17)11-5-3-9-2-4-10(8-12(9)15-11)18-7-1-6-16/h2-3,5,8,16H,1,6-7H2,(H2,14,17). The van der Waals surface area contributed by atoms with E-state index in [2.05, 4.69) is 11.1 Å². The molecule has 1 aromatic carbocycles. The summed E-state index contributed by atoms with van der Waals surface area (Å²) in [6, 6.07) is 9.72. The van der Waals surface area contributed by atoms with E-state index in [1.807, 2.05) is 0 Å². The Morgan fingerprint density at radius 2 is 2.33 bits per heavy atom. The second kappa shape index (κ2) is 5.46. The van der Waals surface area contributed by atoms with E-state index in [0.29, 0.717) is 24.3 Å². The number of pyridine rings is 1. The average Bonchev–Trinajstić information content (AvgIpc) is 2.38. The third kappa shape index (κ3) is 2.75. The number of hydrogen-bond acceptors (Lipinski definition) is 4. The minimum Gasteiger partial charge on any atom is -0.493 e. The number of aliphatic hydroxyl groups excluding tert-OH is 1. The van der Waals surface area contributed by atoms with Crippen LogP contribution in [0, 0.1) is 6.07 Å². The first-order valence-electron chi connectivity index (χ1n) is 5.56. The van der Waals surface area contributed by atoms with Crippen LogP contribution in [0.25, 0.3) is 10.9 Å². The fourth-order valence-corrected chi connectivity index (χ4v) is 1.51. The zero-order chi connectivity index (χ0) is 13.0. The molecule has 0 saturated carbocycles. The first-order valence-corrected chi connectivity index (χ1v) is 5.56. The number of nitrogens with two attached hydrogens (primary N) is 1. The largest absolute Gasteiger partial charge is 0.493 e. The predicted molar refractivity (Wildman–Crippen MR) is 66.3 cm³/mol. The van der Waals surface area contributed by atoms with Crippen LogP contribution in [0.2, 0.25) is 0 Å². The first-order chi connectivity index (χ1) is 8.70. The van der Waals surface area contributed by atoms with Gasteiger partial charge in [-0.05, 0) is 12.1 Å². The van der Waals surface area contributed by atoms with E-state index in [1.54, 1.807) is 24.3 Å². The maximum Gasteiger partial charge on any atom is 0.267 e. The van der Waals surface area contributed by atoms with E-state index in [9.17, 15) is 4.79 Å². The molecule has 5 nitrogen and oxygen atoms in total. The molecule has 0 atom stereocenters. The van der Waals surface area contributed by atoms with Crippen LogP contribution in [-0.4, -0.2) is 29.2 Å². The Kier molecular flexibility index (Phi) is 3.74. The van der Waals surface area contributed by atoms with E-state index < -0.39 is 5.91 Å². The fourth-order valence-electron chi connectivity index (χ4n) is 1.51. The highest BCUT2D eigenvalue weighted by Crippen LogP contribution is 2.19. The Morgan fingerprint density at radius 3 is 3.06 bits per heavy atom. The molecule has 0 spiro atoms. The number of amides is 1. The summed E-state index contributed by atoms with van der Waals surface area (Å²) < 4.78 is 5.38. The topological polar surface area (TPSA) is 85.4 Å². The molecule has 0 fully saturated rings. The van der Waals surface area contributed by atoms with E-state index in [4.69, 9.17) is 15.6 Å². The summed E-state index contributed by atoms with van der Waals surface area (Å²) in [6.45, 7) is 0.492. The van der Waals surface area contributed by atoms with Gasteiger partial charge in [0.1, 0.15) is 11.4 Å². The molecule has 1 amide bonds. The lowest BCUT2D eigenvalue weighted by Crippen LogP contribution is -2.12. The molecule has 0 unspecified atom stereocenters. The van der Waals surface area contributed by atoms with Gasteiger partial charge in [-0.3, -0.25) is 4.79 Å². The summed E-state index contributed by atoms with van der Waals surface area (Å²) in [5, 5.41) is 9.52. The maximum atomic E-state index is 11.0. The van der Waals surface area contributed by atoms with Gasteiger partial charge >= 0.3 is 0 Å². The third-order valence-corrected chi connectivity index (χ3v) is 2.41. The van der Waals surface area contributed by atoms with Crippen molar-refractivity contribution < 1.29 is 14.6 Å². The van der Waals surface area contributed by atoms with E-state index in [1.165, 1.54) is 0 Å². The van der Waals surface area contributed by atoms with E-state index in [-0.39, 0.29) is 12.3 Å². The first kappa shape index (κ1) is 12.3. The number of fused-ring (bicyclic) bond motifs is 1. The van der Waals surface area contributed by atoms with Crippen LogP contribution >= 0.6 is 0 Å². The molecule has 1 radical (unpaired) electrons. The molecule has 0 aliphatic rings. The van der Waals surface area contributed by atoms with Crippen molar-refractivity contribution in [1.29, 1.82) is 0 Å². The van der Waals surface area contributed by atoms with Gasteiger partial charge < -0.3 is 15.6 Å². The monoisotopic (exact) mass is 245 g/mol. The summed E-state index contributed by atoms with van der Waals surface area (Å²) in [6.07, 6.45) is 0.556. The van der Waals surface area contributed by atoms with Crippen LogP contribution in [0.15, 0.2) is 24.3 Å². The molecule has 1 aromatic heterocycles. The number of nitrogens with zero attached hydrogens (tertiary/aromatic N) is 1. The Balaban J connectivity index is 2.27. The average molecular weight is 245 g/mol. The van der Waals surface area contributed by atoms with Crippen molar-refractivity contribution in [3.8, 4) is 5.75 Å². The smallest absolute Gasteiger partial charge is 0.267 e. The molecule has 3 N–H and O–H groups in total. The summed E-state index contributed by atoms with van der Waals surface area (Å²) in [5.74, 6) is -0.0300. The number of hydrogen-bond donors (Lipinski definition) is 2. The van der Waals surface area contributed by atoms with Crippen molar-refractivity contribution in [2.24, 2.45) is 5.73 Å². The summed E-state index contributed by atoms with van der Waals surface area (Å²) >= 11 is 0. The van der Waals surface area contributed by atoms with Crippen LogP contribution < -0.4 is 10.5 Å². The minimum atomic E-state index is -0.563. The molecule has 0 bridgehead atoms. The normalized spacial score (nSPS) is 10.5. The van der Waals surface area contributed by atoms with E-state index >= 15 is 0 Å². The van der Waals surface area contributed by atoms with Gasteiger partial charge in [-0.1, -0.05) is 6.07 Å². The predicted octanol–water partition coefficient (Wildman–Crippen LogP) is 0.895. The van der Waals surface area contributed by atoms with Gasteiger partial charge in [0.2, 0.25) is 0 Å². The van der Waals surface area contributed by atoms with E-state index in [0.717, 1.165) is 5.39 Å². The van der Waals surface area contributed by atoms with Crippen LogP contribution in [0.4, 0.5) is 0 Å². The summed E-state index contributed by atoms with van der Waals surface area (Å²) in [4.78, 5) is 15.2. The molecule has 5 heteroatoms. The van der Waals surface area contributed by atoms with Crippen LogP contribution in [0.5, 0.6) is 5.75 Å². The van der Waals surface area contributed by atoms with Gasteiger partial charge in [-0.2, -0.15) is 0 Å². The fraction of sp³-hybridized carbons (Fsp3) is 0.231. The lowest BCUT2D eigenvalue weighted by molar-refractivity contribution is 0.0996. The van der Waals surface area contributed by atoms with Gasteiger partial charge in [-0.15, -0.1) is 0 Å². The number of primary amides is 1. The molecule has 1 heterocycles. The van der Waals surface area contributed by atoms with Gasteiger partial charge in [0.15, 0.2) is 0 Å². The minimum absolute atomic E-state index is 0.0810. The molecule has 0 aliphatic heterocycles. The molecule has 0 saturated heterocycles. The SMILES string of the molecule is NC(=O)c1ccc2c[c]c(OCCCO)cc2n1. The van der Waals surface area contributed by atoms with Crippen LogP contribution in [0.3, 0.4) is 0 Å². The zero-order valence-electron chi connectivity index (χ0n) is 9.72. The lowest BCUT2D eigenvalue weighted by Gasteiger charge is -2.06. The third-order valence-electron chi connectivity index (χ3n) is 2.41. The summed E-state index contributed by atoms with van der Waals surface area (Å²) in [7, 11) is 0. The number of carbonyl (C=O) groups is 1. The summed E-state index contributed by atoms with van der Waals surface area (Å²) in [5.41, 5.74) is 6.02. The van der Waals surface area contributed by atoms with Crippen LogP contribution in [-0.2, 0) is 0 Å². The highest BCUT2D eigenvalue weighted by Gasteiger charge is 2.04. The molecule has 2 aromatic rings. The van der Waals surface area contributed by atoms with Crippen molar-refractivity contribution in [3.63, 3.8) is 0 Å². The van der Waals surface area contributed by atoms with Crippen molar-refractivity contribution in [2.75, 3.05) is 13.2 Å². The maximum absolute atomic E-state index is 11.0. The lowest BCUT2D eigenvalue weighted by atomic mass is 10.2. The number of aliphatic hydroxyl groups is 1. The van der Waals surface area contributed by atoms with Crippen molar-refractivity contribution in [1.82, 2.24) is 4.98 Å². The molecular formula is C13H13N2O3. The quantitative estimate of drug-likeness (QED) is 0.766.